The molecular formula is C34H50N2O3. The monoisotopic (exact) mass is 534 g/mol. The maximum atomic E-state index is 14.0. The number of pyridine rings is 1. The lowest BCUT2D eigenvalue weighted by Gasteiger charge is -2.21. The molecule has 0 spiro atoms. The van der Waals surface area contributed by atoms with Gasteiger partial charge in [-0.25, -0.2) is 0 Å². The summed E-state index contributed by atoms with van der Waals surface area (Å²) >= 11 is 0. The smallest absolute Gasteiger partial charge is 0.297 e. The second-order valence-corrected chi connectivity index (χ2v) is 10.9. The van der Waals surface area contributed by atoms with Gasteiger partial charge in [-0.05, 0) is 48.9 Å². The van der Waals surface area contributed by atoms with Crippen molar-refractivity contribution in [1.82, 2.24) is 4.57 Å². The number of hydrogen-bond acceptors (Lipinski definition) is 4. The van der Waals surface area contributed by atoms with Gasteiger partial charge in [0.25, 0.3) is 5.56 Å². The highest BCUT2D eigenvalue weighted by Gasteiger charge is 2.21. The van der Waals surface area contributed by atoms with Gasteiger partial charge in [0.2, 0.25) is 5.75 Å². The van der Waals surface area contributed by atoms with Crippen molar-refractivity contribution in [2.45, 2.75) is 105 Å². The minimum atomic E-state index is -0.0773. The van der Waals surface area contributed by atoms with Crippen LogP contribution in [0.5, 0.6) is 11.5 Å². The maximum Gasteiger partial charge on any atom is 0.297 e. The standard InChI is InChI=1S/C34H50N2O3/c1-5-8-10-11-12-16-22-36-31-24-29(35-25-28-18-14-13-15-19-28)20-21-30(31)32(38-23-9-6-2)33(34(36)37)39-26-27(4)17-7-3/h13-15,18-21,24,27,35H,5-12,16-17,22-23,25-26H2,1-4H3. The van der Waals surface area contributed by atoms with Gasteiger partial charge >= 0.3 is 0 Å². The van der Waals surface area contributed by atoms with Crippen LogP contribution in [0.1, 0.15) is 97.5 Å². The third kappa shape index (κ3) is 9.33. The minimum Gasteiger partial charge on any atom is -0.489 e. The van der Waals surface area contributed by atoms with Crippen LogP contribution in [-0.4, -0.2) is 17.8 Å². The fourth-order valence-corrected chi connectivity index (χ4v) is 4.97. The van der Waals surface area contributed by atoms with E-state index in [0.29, 0.717) is 37.2 Å². The maximum absolute atomic E-state index is 14.0. The van der Waals surface area contributed by atoms with Crippen molar-refractivity contribution in [2.75, 3.05) is 18.5 Å². The molecule has 0 amide bonds. The van der Waals surface area contributed by atoms with Crippen LogP contribution in [0, 0.1) is 5.92 Å². The number of anilines is 1. The SMILES string of the molecule is CCCCCCCCn1c(=O)c(OCC(C)CCC)c(OCCCC)c2ccc(NCc3ccccc3)cc21. The van der Waals surface area contributed by atoms with Crippen LogP contribution < -0.4 is 20.3 Å². The number of fused-ring (bicyclic) bond motifs is 1. The van der Waals surface area contributed by atoms with E-state index in [-0.39, 0.29) is 5.56 Å². The highest BCUT2D eigenvalue weighted by Crippen LogP contribution is 2.35. The quantitative estimate of drug-likeness (QED) is 0.156. The highest BCUT2D eigenvalue weighted by molar-refractivity contribution is 5.90. The lowest BCUT2D eigenvalue weighted by atomic mass is 10.1. The third-order valence-electron chi connectivity index (χ3n) is 7.29. The molecule has 3 rings (SSSR count). The zero-order valence-electron chi connectivity index (χ0n) is 24.8. The van der Waals surface area contributed by atoms with Gasteiger partial charge in [0.1, 0.15) is 0 Å². The van der Waals surface area contributed by atoms with Crippen molar-refractivity contribution in [1.29, 1.82) is 0 Å². The number of rotatable bonds is 19. The van der Waals surface area contributed by atoms with Crippen LogP contribution in [0.2, 0.25) is 0 Å². The Morgan fingerprint density at radius 2 is 1.56 bits per heavy atom. The van der Waals surface area contributed by atoms with E-state index in [1.54, 1.807) is 0 Å². The van der Waals surface area contributed by atoms with E-state index in [9.17, 15) is 4.79 Å². The number of aromatic nitrogens is 1. The number of nitrogens with zero attached hydrogens (tertiary/aromatic N) is 1. The van der Waals surface area contributed by atoms with Gasteiger partial charge in [0.05, 0.1) is 18.7 Å². The van der Waals surface area contributed by atoms with Crippen LogP contribution >= 0.6 is 0 Å². The summed E-state index contributed by atoms with van der Waals surface area (Å²) in [7, 11) is 0. The molecule has 1 N–H and O–H groups in total. The van der Waals surface area contributed by atoms with E-state index in [2.05, 4.69) is 75.5 Å². The number of benzene rings is 2. The van der Waals surface area contributed by atoms with Gasteiger partial charge in [-0.3, -0.25) is 4.79 Å². The molecule has 2 aromatic carbocycles. The average Bonchev–Trinajstić information content (AvgIpc) is 2.95. The summed E-state index contributed by atoms with van der Waals surface area (Å²) in [5, 5.41) is 4.49. The Kier molecular flexibility index (Phi) is 13.2. The molecule has 5 nitrogen and oxygen atoms in total. The second-order valence-electron chi connectivity index (χ2n) is 10.9. The molecule has 1 aromatic heterocycles. The summed E-state index contributed by atoms with van der Waals surface area (Å²) < 4.78 is 14.5. The first-order valence-electron chi connectivity index (χ1n) is 15.3. The number of aryl methyl sites for hydroxylation is 1. The van der Waals surface area contributed by atoms with E-state index in [4.69, 9.17) is 9.47 Å². The topological polar surface area (TPSA) is 52.5 Å². The van der Waals surface area contributed by atoms with Crippen molar-refractivity contribution >= 4 is 16.6 Å². The largest absolute Gasteiger partial charge is 0.489 e. The summed E-state index contributed by atoms with van der Waals surface area (Å²) in [5.41, 5.74) is 3.04. The van der Waals surface area contributed by atoms with Crippen molar-refractivity contribution < 1.29 is 9.47 Å². The molecule has 5 heteroatoms. The van der Waals surface area contributed by atoms with Crippen LogP contribution in [-0.2, 0) is 13.1 Å². The predicted molar refractivity (Wildman–Crippen MR) is 165 cm³/mol. The molecule has 0 saturated heterocycles. The molecule has 1 atom stereocenters. The zero-order chi connectivity index (χ0) is 27.9. The number of nitrogens with one attached hydrogen (secondary N) is 1. The van der Waals surface area contributed by atoms with E-state index in [1.165, 1.54) is 31.2 Å². The van der Waals surface area contributed by atoms with Crippen LogP contribution in [0.4, 0.5) is 5.69 Å². The Labute approximate surface area is 235 Å². The van der Waals surface area contributed by atoms with E-state index in [0.717, 1.165) is 61.7 Å². The van der Waals surface area contributed by atoms with E-state index in [1.807, 2.05) is 10.6 Å². The molecule has 0 radical (unpaired) electrons. The van der Waals surface area contributed by atoms with Crippen LogP contribution in [0.3, 0.4) is 0 Å². The van der Waals surface area contributed by atoms with Gasteiger partial charge < -0.3 is 19.4 Å². The molecule has 0 aliphatic heterocycles. The Balaban J connectivity index is 1.98. The Morgan fingerprint density at radius 3 is 2.31 bits per heavy atom. The summed E-state index contributed by atoms with van der Waals surface area (Å²) in [6.07, 6.45) is 11.2. The first-order chi connectivity index (χ1) is 19.1. The van der Waals surface area contributed by atoms with E-state index >= 15 is 0 Å². The van der Waals surface area contributed by atoms with Crippen molar-refractivity contribution in [2.24, 2.45) is 5.92 Å². The first kappa shape index (κ1) is 30.6. The lowest BCUT2D eigenvalue weighted by Crippen LogP contribution is -2.25. The fourth-order valence-electron chi connectivity index (χ4n) is 4.97. The van der Waals surface area contributed by atoms with Gasteiger partial charge in [0, 0.05) is 24.2 Å². The third-order valence-corrected chi connectivity index (χ3v) is 7.29. The van der Waals surface area contributed by atoms with Gasteiger partial charge in [0.15, 0.2) is 5.75 Å². The second kappa shape index (κ2) is 16.9. The fraction of sp³-hybridized carbons (Fsp3) is 0.559. The van der Waals surface area contributed by atoms with Crippen molar-refractivity contribution in [3.8, 4) is 11.5 Å². The molecule has 0 bridgehead atoms. The number of unbranched alkanes of at least 4 members (excludes halogenated alkanes) is 6. The molecule has 3 aromatic rings. The van der Waals surface area contributed by atoms with Gasteiger partial charge in [-0.2, -0.15) is 0 Å². The molecule has 0 saturated carbocycles. The van der Waals surface area contributed by atoms with Crippen molar-refractivity contribution in [3.63, 3.8) is 0 Å². The first-order valence-corrected chi connectivity index (χ1v) is 15.3. The van der Waals surface area contributed by atoms with Gasteiger partial charge in [-0.1, -0.05) is 103 Å². The highest BCUT2D eigenvalue weighted by atomic mass is 16.5. The summed E-state index contributed by atoms with van der Waals surface area (Å²) in [4.78, 5) is 14.0. The Bertz CT molecular complexity index is 1170. The van der Waals surface area contributed by atoms with Crippen LogP contribution in [0.25, 0.3) is 10.9 Å². The lowest BCUT2D eigenvalue weighted by molar-refractivity contribution is 0.226. The molecule has 1 heterocycles. The molecule has 39 heavy (non-hydrogen) atoms. The molecular weight excluding hydrogens is 484 g/mol. The molecule has 0 fully saturated rings. The normalized spacial score (nSPS) is 12.0. The van der Waals surface area contributed by atoms with Crippen molar-refractivity contribution in [3.05, 3.63) is 64.4 Å². The Hall–Kier alpha value is -2.95. The molecule has 0 aliphatic carbocycles. The molecule has 214 valence electrons. The molecule has 1 unspecified atom stereocenters. The van der Waals surface area contributed by atoms with Gasteiger partial charge in [-0.15, -0.1) is 0 Å². The summed E-state index contributed by atoms with van der Waals surface area (Å²) in [6, 6.07) is 16.6. The number of ether oxygens (including phenoxy) is 2. The van der Waals surface area contributed by atoms with E-state index < -0.39 is 0 Å². The average molecular weight is 535 g/mol. The summed E-state index contributed by atoms with van der Waals surface area (Å²) in [5.74, 6) is 1.35. The molecule has 0 aliphatic rings. The zero-order valence-corrected chi connectivity index (χ0v) is 24.8. The minimum absolute atomic E-state index is 0.0773. The number of hydrogen-bond donors (Lipinski definition) is 1. The Morgan fingerprint density at radius 1 is 0.821 bits per heavy atom. The van der Waals surface area contributed by atoms with Crippen LogP contribution in [0.15, 0.2) is 53.3 Å². The predicted octanol–water partition coefficient (Wildman–Crippen LogP) is 8.97. The summed E-state index contributed by atoms with van der Waals surface area (Å²) in [6.45, 7) is 11.2.